The lowest BCUT2D eigenvalue weighted by molar-refractivity contribution is 0.0981. The number of ketones is 3. The molecule has 5 nitrogen and oxygen atoms in total. The molecule has 1 N–H and O–H groups in total. The Kier molecular flexibility index (Phi) is 3.12. The number of hydrogen-bond acceptors (Lipinski definition) is 5. The van der Waals surface area contributed by atoms with Crippen LogP contribution in [0, 0.1) is 0 Å². The van der Waals surface area contributed by atoms with Gasteiger partial charge in [0.1, 0.15) is 11.9 Å². The van der Waals surface area contributed by atoms with Gasteiger partial charge in [0.25, 0.3) is 0 Å². The van der Waals surface area contributed by atoms with Gasteiger partial charge in [0.2, 0.25) is 5.78 Å². The standard InChI is InChI=1S/C22H18O5/c1-10(23)20-11-4-3-7-22(2)15-9-13-12(16(24)5-6-17(13)25)8-14(15)19(26)21(27-20)18(11)22/h5-6,8-10,23H,3-4,7H2,1-2H3/t10?,22-/m0/s1. The van der Waals surface area contributed by atoms with Crippen molar-refractivity contribution in [3.05, 3.63) is 69.2 Å². The highest BCUT2D eigenvalue weighted by atomic mass is 16.4. The molecule has 3 aliphatic carbocycles. The fourth-order valence-corrected chi connectivity index (χ4v) is 4.93. The van der Waals surface area contributed by atoms with E-state index in [1.165, 1.54) is 12.2 Å². The quantitative estimate of drug-likeness (QED) is 0.840. The molecule has 0 bridgehead atoms. The van der Waals surface area contributed by atoms with E-state index >= 15 is 0 Å². The molecule has 1 heterocycles. The molecule has 1 aromatic heterocycles. The summed E-state index contributed by atoms with van der Waals surface area (Å²) < 4.78 is 5.86. The minimum atomic E-state index is -0.801. The topological polar surface area (TPSA) is 84.6 Å². The Morgan fingerprint density at radius 1 is 1.07 bits per heavy atom. The maximum Gasteiger partial charge on any atom is 0.228 e. The van der Waals surface area contributed by atoms with E-state index in [-0.39, 0.29) is 28.7 Å². The second kappa shape index (κ2) is 5.14. The first kappa shape index (κ1) is 16.4. The van der Waals surface area contributed by atoms with Crippen LogP contribution in [-0.4, -0.2) is 22.5 Å². The van der Waals surface area contributed by atoms with Gasteiger partial charge >= 0.3 is 0 Å². The maximum absolute atomic E-state index is 13.2. The van der Waals surface area contributed by atoms with Gasteiger partial charge in [-0.05, 0) is 56.0 Å². The van der Waals surface area contributed by atoms with E-state index < -0.39 is 11.5 Å². The lowest BCUT2D eigenvalue weighted by atomic mass is 9.62. The predicted molar refractivity (Wildman–Crippen MR) is 96.4 cm³/mol. The van der Waals surface area contributed by atoms with Crippen LogP contribution in [0.4, 0.5) is 0 Å². The van der Waals surface area contributed by atoms with Gasteiger partial charge in [0.15, 0.2) is 17.3 Å². The maximum atomic E-state index is 13.2. The van der Waals surface area contributed by atoms with Gasteiger partial charge in [-0.15, -0.1) is 0 Å². The van der Waals surface area contributed by atoms with Gasteiger partial charge in [-0.3, -0.25) is 14.4 Å². The lowest BCUT2D eigenvalue weighted by Crippen LogP contribution is -2.36. The zero-order valence-corrected chi connectivity index (χ0v) is 15.1. The van der Waals surface area contributed by atoms with E-state index in [1.54, 1.807) is 19.1 Å². The Bertz CT molecular complexity index is 1100. The molecule has 0 amide bonds. The van der Waals surface area contributed by atoms with E-state index in [0.717, 1.165) is 36.0 Å². The van der Waals surface area contributed by atoms with Crippen molar-refractivity contribution >= 4 is 17.3 Å². The van der Waals surface area contributed by atoms with Gasteiger partial charge in [0, 0.05) is 33.2 Å². The normalized spacial score (nSPS) is 23.7. The number of carbonyl (C=O) groups is 3. The summed E-state index contributed by atoms with van der Waals surface area (Å²) in [6, 6.07) is 3.27. The van der Waals surface area contributed by atoms with Crippen LogP contribution in [0.5, 0.6) is 0 Å². The number of rotatable bonds is 1. The predicted octanol–water partition coefficient (Wildman–Crippen LogP) is 3.45. The highest BCUT2D eigenvalue weighted by Crippen LogP contribution is 2.52. The van der Waals surface area contributed by atoms with Crippen molar-refractivity contribution in [1.82, 2.24) is 0 Å². The van der Waals surface area contributed by atoms with E-state index in [9.17, 15) is 19.5 Å². The van der Waals surface area contributed by atoms with Crippen LogP contribution in [0.2, 0.25) is 0 Å². The summed E-state index contributed by atoms with van der Waals surface area (Å²) in [6.45, 7) is 3.69. The first-order valence-electron chi connectivity index (χ1n) is 9.17. The van der Waals surface area contributed by atoms with Crippen molar-refractivity contribution in [3.8, 4) is 0 Å². The van der Waals surface area contributed by atoms with Crippen LogP contribution >= 0.6 is 0 Å². The van der Waals surface area contributed by atoms with Crippen molar-refractivity contribution in [3.63, 3.8) is 0 Å². The summed E-state index contributed by atoms with van der Waals surface area (Å²) >= 11 is 0. The molecule has 136 valence electrons. The molecule has 2 aromatic rings. The summed E-state index contributed by atoms with van der Waals surface area (Å²) in [7, 11) is 0. The van der Waals surface area contributed by atoms with Gasteiger partial charge in [0.05, 0.1) is 0 Å². The van der Waals surface area contributed by atoms with Crippen LogP contribution < -0.4 is 0 Å². The van der Waals surface area contributed by atoms with Gasteiger partial charge < -0.3 is 9.52 Å². The van der Waals surface area contributed by atoms with Crippen molar-refractivity contribution in [2.75, 3.05) is 0 Å². The average molecular weight is 362 g/mol. The van der Waals surface area contributed by atoms with Crippen LogP contribution in [0.1, 0.15) is 92.1 Å². The molecule has 0 saturated heterocycles. The fourth-order valence-electron chi connectivity index (χ4n) is 4.93. The Hall–Kier alpha value is -2.79. The van der Waals surface area contributed by atoms with Crippen molar-refractivity contribution in [1.29, 1.82) is 0 Å². The first-order chi connectivity index (χ1) is 12.8. The minimum absolute atomic E-state index is 0.220. The second-order valence-corrected chi connectivity index (χ2v) is 7.84. The summed E-state index contributed by atoms with van der Waals surface area (Å²) in [5.41, 5.74) is 3.07. The summed E-state index contributed by atoms with van der Waals surface area (Å²) in [6.07, 6.45) is 4.18. The number of furan rings is 1. The Morgan fingerprint density at radius 2 is 1.74 bits per heavy atom. The average Bonchev–Trinajstić information content (AvgIpc) is 3.04. The number of fused-ring (bicyclic) bond motifs is 3. The molecule has 1 unspecified atom stereocenters. The molecule has 0 fully saturated rings. The van der Waals surface area contributed by atoms with Crippen molar-refractivity contribution in [2.45, 2.75) is 44.6 Å². The van der Waals surface area contributed by atoms with E-state index in [2.05, 4.69) is 6.92 Å². The molecule has 3 aliphatic rings. The monoisotopic (exact) mass is 362 g/mol. The van der Waals surface area contributed by atoms with Crippen molar-refractivity contribution in [2.24, 2.45) is 0 Å². The molecule has 5 rings (SSSR count). The third-order valence-corrected chi connectivity index (χ3v) is 6.19. The van der Waals surface area contributed by atoms with Crippen LogP contribution in [0.25, 0.3) is 0 Å². The van der Waals surface area contributed by atoms with Gasteiger partial charge in [-0.1, -0.05) is 6.92 Å². The summed E-state index contributed by atoms with van der Waals surface area (Å²) in [4.78, 5) is 37.8. The number of allylic oxidation sites excluding steroid dienone is 2. The molecular formula is C22H18O5. The van der Waals surface area contributed by atoms with Crippen LogP contribution in [-0.2, 0) is 11.8 Å². The number of hydrogen-bond donors (Lipinski definition) is 1. The molecule has 0 spiro atoms. The number of aliphatic hydroxyl groups is 1. The van der Waals surface area contributed by atoms with E-state index in [1.807, 2.05) is 0 Å². The summed E-state index contributed by atoms with van der Waals surface area (Å²) in [5, 5.41) is 10.1. The van der Waals surface area contributed by atoms with Crippen LogP contribution in [0.3, 0.4) is 0 Å². The Balaban J connectivity index is 1.84. The molecule has 0 aliphatic heterocycles. The molecule has 27 heavy (non-hydrogen) atoms. The largest absolute Gasteiger partial charge is 0.454 e. The SMILES string of the molecule is CC(O)c1oc2c3c1CCC[C@@]3(C)c1cc3c(cc1C2=O)C(=O)C=CC3=O. The molecule has 1 aromatic carbocycles. The molecule has 5 heteroatoms. The van der Waals surface area contributed by atoms with E-state index in [0.29, 0.717) is 16.9 Å². The zero-order chi connectivity index (χ0) is 19.1. The van der Waals surface area contributed by atoms with Gasteiger partial charge in [-0.25, -0.2) is 0 Å². The lowest BCUT2D eigenvalue weighted by Gasteiger charge is -2.39. The fraction of sp³-hybridized carbons (Fsp3) is 0.318. The minimum Gasteiger partial charge on any atom is -0.454 e. The number of aliphatic hydroxyl groups excluding tert-OH is 1. The second-order valence-electron chi connectivity index (χ2n) is 7.84. The Morgan fingerprint density at radius 3 is 2.41 bits per heavy atom. The van der Waals surface area contributed by atoms with Crippen LogP contribution in [0.15, 0.2) is 28.7 Å². The van der Waals surface area contributed by atoms with E-state index in [4.69, 9.17) is 4.42 Å². The number of benzene rings is 1. The van der Waals surface area contributed by atoms with Gasteiger partial charge in [-0.2, -0.15) is 0 Å². The third kappa shape index (κ3) is 1.95. The third-order valence-electron chi connectivity index (χ3n) is 6.19. The number of carbonyl (C=O) groups excluding carboxylic acids is 3. The first-order valence-corrected chi connectivity index (χ1v) is 9.17. The smallest absolute Gasteiger partial charge is 0.228 e. The molecular weight excluding hydrogens is 344 g/mol. The highest BCUT2D eigenvalue weighted by molar-refractivity contribution is 6.23. The van der Waals surface area contributed by atoms with Crippen molar-refractivity contribution < 1.29 is 23.9 Å². The molecule has 2 atom stereocenters. The summed E-state index contributed by atoms with van der Waals surface area (Å²) in [5.74, 6) is -0.0665. The zero-order valence-electron chi connectivity index (χ0n) is 15.1. The Labute approximate surface area is 155 Å². The molecule has 0 radical (unpaired) electrons. The molecule has 0 saturated carbocycles. The highest BCUT2D eigenvalue weighted by Gasteiger charge is 2.48.